The van der Waals surface area contributed by atoms with Crippen LogP contribution in [0.25, 0.3) is 0 Å². The van der Waals surface area contributed by atoms with Gasteiger partial charge in [0.05, 0.1) is 11.6 Å². The number of ketones is 1. The topological polar surface area (TPSA) is 74.0 Å². The molecule has 1 saturated heterocycles. The maximum atomic E-state index is 13.4. The largest absolute Gasteiger partial charge is 0.503 e. The monoisotopic (exact) mass is 450 g/mol. The average molecular weight is 451 g/mol. The van der Waals surface area contributed by atoms with Gasteiger partial charge in [-0.2, -0.15) is 0 Å². The number of aryl methyl sites for hydroxylation is 1. The van der Waals surface area contributed by atoms with Crippen molar-refractivity contribution in [1.82, 2.24) is 9.80 Å². The van der Waals surface area contributed by atoms with Crippen LogP contribution in [0.4, 0.5) is 0 Å². The minimum atomic E-state index is -0.644. The number of piperidine rings is 1. The molecule has 33 heavy (non-hydrogen) atoms. The molecule has 3 heterocycles. The van der Waals surface area contributed by atoms with Crippen molar-refractivity contribution in [2.24, 2.45) is 0 Å². The summed E-state index contributed by atoms with van der Waals surface area (Å²) in [6.45, 7) is 11.4. The van der Waals surface area contributed by atoms with Crippen LogP contribution < -0.4 is 0 Å². The molecule has 1 atom stereocenters. The highest BCUT2D eigenvalue weighted by molar-refractivity contribution is 6.15. The molecule has 1 aromatic carbocycles. The van der Waals surface area contributed by atoms with Crippen LogP contribution in [0.2, 0.25) is 0 Å². The Morgan fingerprint density at radius 3 is 2.27 bits per heavy atom. The number of carbonyl (C=O) groups excluding carboxylic acids is 2. The van der Waals surface area contributed by atoms with E-state index in [0.717, 1.165) is 43.6 Å². The molecule has 0 spiro atoms. The number of amides is 1. The number of furan rings is 1. The van der Waals surface area contributed by atoms with E-state index in [4.69, 9.17) is 4.42 Å². The van der Waals surface area contributed by atoms with Crippen molar-refractivity contribution in [1.29, 1.82) is 0 Å². The fourth-order valence-electron chi connectivity index (χ4n) is 4.75. The van der Waals surface area contributed by atoms with E-state index < -0.39 is 23.5 Å². The van der Waals surface area contributed by atoms with Gasteiger partial charge >= 0.3 is 0 Å². The second-order valence-electron chi connectivity index (χ2n) is 10.2. The van der Waals surface area contributed by atoms with E-state index in [1.54, 1.807) is 24.0 Å². The molecule has 2 aromatic rings. The molecule has 0 aliphatic carbocycles. The third-order valence-corrected chi connectivity index (χ3v) is 6.71. The second-order valence-corrected chi connectivity index (χ2v) is 10.2. The Bertz CT molecular complexity index is 1050. The van der Waals surface area contributed by atoms with Crippen LogP contribution in [0.1, 0.15) is 73.5 Å². The van der Waals surface area contributed by atoms with Gasteiger partial charge in [-0.05, 0) is 61.5 Å². The van der Waals surface area contributed by atoms with Gasteiger partial charge < -0.3 is 19.3 Å². The summed E-state index contributed by atoms with van der Waals surface area (Å²) in [5.41, 5.74) is 2.06. The first kappa shape index (κ1) is 23.3. The third kappa shape index (κ3) is 4.76. The second kappa shape index (κ2) is 9.18. The van der Waals surface area contributed by atoms with E-state index >= 15 is 0 Å². The molecule has 0 bridgehead atoms. The van der Waals surface area contributed by atoms with Crippen molar-refractivity contribution < 1.29 is 19.1 Å². The molecule has 0 saturated carbocycles. The molecule has 1 amide bonds. The van der Waals surface area contributed by atoms with Crippen molar-refractivity contribution in [2.45, 2.75) is 58.4 Å². The molecule has 1 N–H and O–H groups in total. The first-order valence-corrected chi connectivity index (χ1v) is 11.8. The van der Waals surface area contributed by atoms with Crippen LogP contribution in [-0.2, 0) is 10.2 Å². The van der Waals surface area contributed by atoms with Crippen molar-refractivity contribution in [2.75, 3.05) is 26.2 Å². The van der Waals surface area contributed by atoms with E-state index in [9.17, 15) is 14.7 Å². The van der Waals surface area contributed by atoms with Crippen LogP contribution >= 0.6 is 0 Å². The molecule has 4 rings (SSSR count). The van der Waals surface area contributed by atoms with E-state index in [0.29, 0.717) is 12.3 Å². The number of benzene rings is 1. The first-order valence-electron chi connectivity index (χ1n) is 11.8. The fraction of sp³-hybridized carbons (Fsp3) is 0.481. The molecular formula is C27H34N2O4. The molecule has 1 aromatic heterocycles. The fourth-order valence-corrected chi connectivity index (χ4v) is 4.75. The lowest BCUT2D eigenvalue weighted by Crippen LogP contribution is -2.40. The Morgan fingerprint density at radius 1 is 1.03 bits per heavy atom. The Labute approximate surface area is 195 Å². The molecule has 1 unspecified atom stereocenters. The third-order valence-electron chi connectivity index (χ3n) is 6.71. The summed E-state index contributed by atoms with van der Waals surface area (Å²) in [7, 11) is 0. The van der Waals surface area contributed by atoms with Crippen LogP contribution in [0.3, 0.4) is 0 Å². The molecule has 0 radical (unpaired) electrons. The van der Waals surface area contributed by atoms with Gasteiger partial charge in [0, 0.05) is 13.1 Å². The minimum Gasteiger partial charge on any atom is -0.503 e. The molecule has 1 fully saturated rings. The predicted octanol–water partition coefficient (Wildman–Crippen LogP) is 4.95. The summed E-state index contributed by atoms with van der Waals surface area (Å²) in [5, 5.41) is 10.8. The van der Waals surface area contributed by atoms with Crippen molar-refractivity contribution >= 4 is 11.7 Å². The van der Waals surface area contributed by atoms with Gasteiger partial charge in [0.15, 0.2) is 11.5 Å². The first-order chi connectivity index (χ1) is 15.7. The van der Waals surface area contributed by atoms with E-state index in [1.165, 1.54) is 6.42 Å². The minimum absolute atomic E-state index is 0.0136. The number of carbonyl (C=O) groups is 2. The zero-order valence-corrected chi connectivity index (χ0v) is 20.1. The maximum Gasteiger partial charge on any atom is 0.290 e. The highest BCUT2D eigenvalue weighted by Crippen LogP contribution is 2.39. The normalized spacial score (nSPS) is 20.1. The van der Waals surface area contributed by atoms with Crippen LogP contribution in [0, 0.1) is 6.92 Å². The lowest BCUT2D eigenvalue weighted by Gasteiger charge is -2.32. The summed E-state index contributed by atoms with van der Waals surface area (Å²) >= 11 is 0. The number of aliphatic hydroxyl groups excluding tert-OH is 1. The number of hydrogen-bond acceptors (Lipinski definition) is 5. The van der Waals surface area contributed by atoms with Gasteiger partial charge in [0.2, 0.25) is 5.78 Å². The van der Waals surface area contributed by atoms with Gasteiger partial charge in [-0.15, -0.1) is 0 Å². The quantitative estimate of drug-likeness (QED) is 0.631. The summed E-state index contributed by atoms with van der Waals surface area (Å²) in [6.07, 6.45) is 3.57. The van der Waals surface area contributed by atoms with E-state index in [2.05, 4.69) is 25.7 Å². The Balaban J connectivity index is 1.68. The van der Waals surface area contributed by atoms with Gasteiger partial charge in [0.1, 0.15) is 5.76 Å². The molecular weight excluding hydrogens is 416 g/mol. The van der Waals surface area contributed by atoms with E-state index in [1.807, 2.05) is 24.3 Å². The zero-order chi connectivity index (χ0) is 23.8. The van der Waals surface area contributed by atoms with Crippen molar-refractivity contribution in [3.63, 3.8) is 0 Å². The number of Topliss-reactive ketones (excluding diaryl/α,β-unsaturated/α-hetero) is 1. The zero-order valence-electron chi connectivity index (χ0n) is 20.1. The highest BCUT2D eigenvalue weighted by atomic mass is 16.3. The smallest absolute Gasteiger partial charge is 0.290 e. The maximum absolute atomic E-state index is 13.4. The number of rotatable bonds is 6. The van der Waals surface area contributed by atoms with Gasteiger partial charge in [-0.1, -0.05) is 51.5 Å². The van der Waals surface area contributed by atoms with Crippen LogP contribution in [0.5, 0.6) is 0 Å². The molecule has 6 nitrogen and oxygen atoms in total. The van der Waals surface area contributed by atoms with Crippen LogP contribution in [0.15, 0.2) is 52.1 Å². The number of likely N-dealkylation sites (tertiary alicyclic amines) is 1. The summed E-state index contributed by atoms with van der Waals surface area (Å²) < 4.78 is 5.55. The Kier molecular flexibility index (Phi) is 6.48. The molecule has 2 aliphatic rings. The summed E-state index contributed by atoms with van der Waals surface area (Å²) in [6, 6.07) is 10.7. The van der Waals surface area contributed by atoms with Gasteiger partial charge in [0.25, 0.3) is 5.91 Å². The lowest BCUT2D eigenvalue weighted by molar-refractivity contribution is -0.129. The van der Waals surface area contributed by atoms with Crippen molar-refractivity contribution in [3.8, 4) is 0 Å². The lowest BCUT2D eigenvalue weighted by atomic mass is 9.85. The Morgan fingerprint density at radius 2 is 1.70 bits per heavy atom. The molecule has 176 valence electrons. The SMILES string of the molecule is Cc1ccc(C(=O)C2=C(O)C(=O)N(CCN3CCCCC3)C2c2ccc(C(C)(C)C)cc2)o1. The van der Waals surface area contributed by atoms with Crippen LogP contribution in [-0.4, -0.2) is 52.8 Å². The average Bonchev–Trinajstić information content (AvgIpc) is 3.33. The number of nitrogens with zero attached hydrogens (tertiary/aromatic N) is 2. The number of hydrogen-bond donors (Lipinski definition) is 1. The summed E-state index contributed by atoms with van der Waals surface area (Å²) in [5.74, 6) is -0.674. The molecule has 6 heteroatoms. The van der Waals surface area contributed by atoms with Gasteiger partial charge in [-0.25, -0.2) is 0 Å². The number of aliphatic hydroxyl groups is 1. The Hall–Kier alpha value is -2.86. The predicted molar refractivity (Wildman–Crippen MR) is 127 cm³/mol. The van der Waals surface area contributed by atoms with Gasteiger partial charge in [-0.3, -0.25) is 9.59 Å². The summed E-state index contributed by atoms with van der Waals surface area (Å²) in [4.78, 5) is 30.5. The standard InChI is InChI=1S/C27H34N2O4/c1-18-8-13-21(33-18)24(30)22-23(19-9-11-20(12-10-19)27(2,3)4)29(26(32)25(22)31)17-16-28-14-6-5-7-15-28/h8-13,23,31H,5-7,14-17H2,1-4H3. The highest BCUT2D eigenvalue weighted by Gasteiger charge is 2.44. The van der Waals surface area contributed by atoms with E-state index in [-0.39, 0.29) is 16.7 Å². The molecule has 2 aliphatic heterocycles. The van der Waals surface area contributed by atoms with Crippen molar-refractivity contribution in [3.05, 3.63) is 70.4 Å².